The molecule has 0 saturated heterocycles. The van der Waals surface area contributed by atoms with E-state index in [4.69, 9.17) is 5.73 Å². The molecule has 0 amide bonds. The van der Waals surface area contributed by atoms with E-state index >= 15 is 0 Å². The van der Waals surface area contributed by atoms with Crippen molar-refractivity contribution in [2.24, 2.45) is 7.05 Å². The number of hydrogen-bond donors (Lipinski definition) is 1. The van der Waals surface area contributed by atoms with Gasteiger partial charge in [0.15, 0.2) is 0 Å². The molecule has 2 aromatic rings. The van der Waals surface area contributed by atoms with Gasteiger partial charge in [-0.1, -0.05) is 0 Å². The molecular weight excluding hydrogens is 174 g/mol. The largest absolute Gasteiger partial charge is 0.399 e. The zero-order chi connectivity index (χ0) is 10.1. The van der Waals surface area contributed by atoms with Crippen molar-refractivity contribution < 1.29 is 0 Å². The molecule has 0 fully saturated rings. The topological polar surface area (TPSA) is 43.8 Å². The molecule has 0 spiro atoms. The number of nitrogen functional groups attached to an aromatic ring is 1. The normalized spacial score (nSPS) is 10.4. The van der Waals surface area contributed by atoms with Gasteiger partial charge in [-0.05, 0) is 31.2 Å². The second-order valence-corrected chi connectivity index (χ2v) is 3.44. The van der Waals surface area contributed by atoms with E-state index in [1.54, 1.807) is 0 Å². The minimum atomic E-state index is 0.777. The number of rotatable bonds is 1. The van der Waals surface area contributed by atoms with Crippen molar-refractivity contribution in [2.75, 3.05) is 5.73 Å². The van der Waals surface area contributed by atoms with Crippen molar-refractivity contribution in [1.29, 1.82) is 0 Å². The van der Waals surface area contributed by atoms with Crippen LogP contribution >= 0.6 is 0 Å². The summed E-state index contributed by atoms with van der Waals surface area (Å²) in [6, 6.07) is 7.74. The second-order valence-electron chi connectivity index (χ2n) is 3.44. The lowest BCUT2D eigenvalue weighted by atomic mass is 10.2. The molecule has 0 unspecified atom stereocenters. The van der Waals surface area contributed by atoms with E-state index in [9.17, 15) is 0 Å². The summed E-state index contributed by atoms with van der Waals surface area (Å²) in [6.07, 6.45) is 2.01. The molecule has 0 aliphatic carbocycles. The third kappa shape index (κ3) is 1.48. The quantitative estimate of drug-likeness (QED) is 0.694. The number of nitrogens with two attached hydrogens (primary N) is 1. The fraction of sp³-hybridized carbons (Fsp3) is 0.182. The number of aromatic nitrogens is 2. The number of aryl methyl sites for hydroxylation is 2. The zero-order valence-electron chi connectivity index (χ0n) is 8.36. The Hall–Kier alpha value is -1.77. The van der Waals surface area contributed by atoms with Crippen molar-refractivity contribution in [3.8, 4) is 11.4 Å². The standard InChI is InChI=1S/C11H13N3/c1-8-7-14(2)11(13-8)9-3-5-10(12)6-4-9/h3-7H,12H2,1-2H3. The average molecular weight is 187 g/mol. The van der Waals surface area contributed by atoms with E-state index in [1.165, 1.54) is 0 Å². The van der Waals surface area contributed by atoms with Crippen LogP contribution in [0.3, 0.4) is 0 Å². The van der Waals surface area contributed by atoms with E-state index in [0.717, 1.165) is 22.8 Å². The Morgan fingerprint density at radius 1 is 1.21 bits per heavy atom. The lowest BCUT2D eigenvalue weighted by Gasteiger charge is -2.01. The van der Waals surface area contributed by atoms with Gasteiger partial charge in [-0.3, -0.25) is 0 Å². The van der Waals surface area contributed by atoms with Crippen LogP contribution in [0.5, 0.6) is 0 Å². The van der Waals surface area contributed by atoms with E-state index < -0.39 is 0 Å². The van der Waals surface area contributed by atoms with Crippen molar-refractivity contribution in [3.63, 3.8) is 0 Å². The van der Waals surface area contributed by atoms with E-state index in [1.807, 2.05) is 49.0 Å². The Kier molecular flexibility index (Phi) is 2.00. The van der Waals surface area contributed by atoms with Crippen LogP contribution in [0.2, 0.25) is 0 Å². The van der Waals surface area contributed by atoms with Crippen molar-refractivity contribution in [2.45, 2.75) is 6.92 Å². The second kappa shape index (κ2) is 3.18. The number of benzene rings is 1. The highest BCUT2D eigenvalue weighted by Crippen LogP contribution is 2.18. The van der Waals surface area contributed by atoms with Gasteiger partial charge in [0.1, 0.15) is 5.82 Å². The molecule has 0 saturated carbocycles. The van der Waals surface area contributed by atoms with Crippen LogP contribution < -0.4 is 5.73 Å². The van der Waals surface area contributed by atoms with Crippen LogP contribution in [0, 0.1) is 6.92 Å². The fourth-order valence-corrected chi connectivity index (χ4v) is 1.52. The number of anilines is 1. The van der Waals surface area contributed by atoms with Gasteiger partial charge in [0.05, 0.1) is 5.69 Å². The van der Waals surface area contributed by atoms with Crippen LogP contribution in [0.25, 0.3) is 11.4 Å². The Labute approximate surface area is 83.2 Å². The van der Waals surface area contributed by atoms with Gasteiger partial charge in [0.2, 0.25) is 0 Å². The molecule has 0 bridgehead atoms. The maximum atomic E-state index is 5.62. The zero-order valence-corrected chi connectivity index (χ0v) is 8.36. The molecular formula is C11H13N3. The summed E-state index contributed by atoms with van der Waals surface area (Å²) < 4.78 is 2.01. The van der Waals surface area contributed by atoms with Crippen LogP contribution in [0.4, 0.5) is 5.69 Å². The maximum Gasteiger partial charge on any atom is 0.139 e. The molecule has 0 radical (unpaired) electrons. The summed E-state index contributed by atoms with van der Waals surface area (Å²) in [5, 5.41) is 0. The lowest BCUT2D eigenvalue weighted by molar-refractivity contribution is 0.924. The molecule has 2 rings (SSSR count). The first-order chi connectivity index (χ1) is 6.66. The lowest BCUT2D eigenvalue weighted by Crippen LogP contribution is -1.91. The summed E-state index contributed by atoms with van der Waals surface area (Å²) in [4.78, 5) is 4.43. The first-order valence-electron chi connectivity index (χ1n) is 4.52. The molecule has 0 aliphatic heterocycles. The highest BCUT2D eigenvalue weighted by atomic mass is 15.0. The van der Waals surface area contributed by atoms with Crippen LogP contribution in [0.1, 0.15) is 5.69 Å². The highest BCUT2D eigenvalue weighted by molar-refractivity contribution is 5.59. The Bertz CT molecular complexity index is 440. The molecule has 14 heavy (non-hydrogen) atoms. The fourth-order valence-electron chi connectivity index (χ4n) is 1.52. The van der Waals surface area contributed by atoms with Crippen molar-refractivity contribution in [1.82, 2.24) is 9.55 Å². The van der Waals surface area contributed by atoms with Crippen LogP contribution in [-0.2, 0) is 7.05 Å². The molecule has 1 aromatic heterocycles. The van der Waals surface area contributed by atoms with Crippen molar-refractivity contribution >= 4 is 5.69 Å². The Morgan fingerprint density at radius 2 is 1.86 bits per heavy atom. The van der Waals surface area contributed by atoms with Crippen LogP contribution in [-0.4, -0.2) is 9.55 Å². The monoisotopic (exact) mass is 187 g/mol. The molecule has 72 valence electrons. The smallest absolute Gasteiger partial charge is 0.139 e. The molecule has 0 atom stereocenters. The predicted octanol–water partition coefficient (Wildman–Crippen LogP) is 1.98. The summed E-state index contributed by atoms with van der Waals surface area (Å²) in [5.74, 6) is 0.975. The number of imidazole rings is 1. The third-order valence-electron chi connectivity index (χ3n) is 2.17. The summed E-state index contributed by atoms with van der Waals surface area (Å²) in [7, 11) is 1.99. The molecule has 3 nitrogen and oxygen atoms in total. The van der Waals surface area contributed by atoms with Gasteiger partial charge in [-0.2, -0.15) is 0 Å². The average Bonchev–Trinajstić information content (AvgIpc) is 2.47. The van der Waals surface area contributed by atoms with Gasteiger partial charge in [-0.25, -0.2) is 4.98 Å². The van der Waals surface area contributed by atoms with Gasteiger partial charge < -0.3 is 10.3 Å². The van der Waals surface area contributed by atoms with Gasteiger partial charge in [0.25, 0.3) is 0 Å². The number of nitrogens with zero attached hydrogens (tertiary/aromatic N) is 2. The highest BCUT2D eigenvalue weighted by Gasteiger charge is 2.04. The first-order valence-corrected chi connectivity index (χ1v) is 4.52. The van der Waals surface area contributed by atoms with E-state index in [2.05, 4.69) is 4.98 Å². The maximum absolute atomic E-state index is 5.62. The summed E-state index contributed by atoms with van der Waals surface area (Å²) >= 11 is 0. The summed E-state index contributed by atoms with van der Waals surface area (Å²) in [5.41, 5.74) is 8.52. The molecule has 2 N–H and O–H groups in total. The minimum Gasteiger partial charge on any atom is -0.399 e. The Morgan fingerprint density at radius 3 is 2.36 bits per heavy atom. The van der Waals surface area contributed by atoms with Crippen molar-refractivity contribution in [3.05, 3.63) is 36.2 Å². The first kappa shape index (κ1) is 8.81. The molecule has 0 aliphatic rings. The predicted molar refractivity (Wildman–Crippen MR) is 57.8 cm³/mol. The van der Waals surface area contributed by atoms with E-state index in [-0.39, 0.29) is 0 Å². The minimum absolute atomic E-state index is 0.777. The van der Waals surface area contributed by atoms with Crippen LogP contribution in [0.15, 0.2) is 30.5 Å². The van der Waals surface area contributed by atoms with E-state index in [0.29, 0.717) is 0 Å². The third-order valence-corrected chi connectivity index (χ3v) is 2.17. The molecule has 1 heterocycles. The molecule has 3 heteroatoms. The Balaban J connectivity index is 2.49. The van der Waals surface area contributed by atoms with Gasteiger partial charge >= 0.3 is 0 Å². The van der Waals surface area contributed by atoms with Gasteiger partial charge in [-0.15, -0.1) is 0 Å². The molecule has 1 aromatic carbocycles. The van der Waals surface area contributed by atoms with Gasteiger partial charge in [0, 0.05) is 24.5 Å². The SMILES string of the molecule is Cc1cn(C)c(-c2ccc(N)cc2)n1. The summed E-state index contributed by atoms with van der Waals surface area (Å²) in [6.45, 7) is 1.99. The number of hydrogen-bond acceptors (Lipinski definition) is 2.